The molecule has 2 N–H and O–H groups in total. The average Bonchev–Trinajstić information content (AvgIpc) is 2.39. The molecule has 1 heterocycles. The van der Waals surface area contributed by atoms with Crippen LogP contribution in [0.15, 0.2) is 42.5 Å². The first-order valence-electron chi connectivity index (χ1n) is 6.72. The van der Waals surface area contributed by atoms with Crippen LogP contribution >= 0.6 is 0 Å². The Morgan fingerprint density at radius 3 is 2.47 bits per heavy atom. The van der Waals surface area contributed by atoms with E-state index >= 15 is 0 Å². The lowest BCUT2D eigenvalue weighted by atomic mass is 10.2. The van der Waals surface area contributed by atoms with Crippen LogP contribution in [0.25, 0.3) is 0 Å². The van der Waals surface area contributed by atoms with Crippen molar-refractivity contribution in [3.63, 3.8) is 0 Å². The smallest absolute Gasteiger partial charge is 0.0602 e. The van der Waals surface area contributed by atoms with E-state index in [0.29, 0.717) is 0 Å². The fourth-order valence-corrected chi connectivity index (χ4v) is 2.14. The summed E-state index contributed by atoms with van der Waals surface area (Å²) in [5, 5.41) is 0. The van der Waals surface area contributed by atoms with Crippen LogP contribution < -0.4 is 10.6 Å². The molecule has 0 amide bonds. The number of aryl methyl sites for hydroxylation is 1. The molecule has 0 radical (unpaired) electrons. The van der Waals surface area contributed by atoms with Crippen molar-refractivity contribution in [3.05, 3.63) is 53.9 Å². The molecule has 0 fully saturated rings. The maximum Gasteiger partial charge on any atom is 0.0602 e. The van der Waals surface area contributed by atoms with Gasteiger partial charge in [-0.1, -0.05) is 13.0 Å². The second-order valence-corrected chi connectivity index (χ2v) is 4.78. The van der Waals surface area contributed by atoms with Crippen LogP contribution in [0.5, 0.6) is 0 Å². The Labute approximate surface area is 115 Å². The zero-order valence-electron chi connectivity index (χ0n) is 11.6. The lowest BCUT2D eigenvalue weighted by Crippen LogP contribution is -2.24. The normalized spacial score (nSPS) is 10.4. The number of anilines is 2. The lowest BCUT2D eigenvalue weighted by molar-refractivity contribution is 0.752. The van der Waals surface area contributed by atoms with E-state index in [2.05, 4.69) is 41.1 Å². The maximum atomic E-state index is 5.74. The molecule has 19 heavy (non-hydrogen) atoms. The van der Waals surface area contributed by atoms with Gasteiger partial charge < -0.3 is 10.6 Å². The van der Waals surface area contributed by atoms with Crippen LogP contribution in [-0.2, 0) is 6.54 Å². The molecule has 100 valence electrons. The predicted molar refractivity (Wildman–Crippen MR) is 81.2 cm³/mol. The summed E-state index contributed by atoms with van der Waals surface area (Å²) in [7, 11) is 0. The summed E-state index contributed by atoms with van der Waals surface area (Å²) in [6.45, 7) is 6.06. The number of hydrogen-bond donors (Lipinski definition) is 1. The molecule has 2 rings (SSSR count). The van der Waals surface area contributed by atoms with Crippen LogP contribution in [0.1, 0.15) is 24.7 Å². The fourth-order valence-electron chi connectivity index (χ4n) is 2.14. The first kappa shape index (κ1) is 13.4. The van der Waals surface area contributed by atoms with Gasteiger partial charge in [-0.2, -0.15) is 0 Å². The predicted octanol–water partition coefficient (Wildman–Crippen LogP) is 3.39. The van der Waals surface area contributed by atoms with Gasteiger partial charge in [-0.25, -0.2) is 0 Å². The molecule has 0 atom stereocenters. The number of nitrogens with two attached hydrogens (primary N) is 1. The highest BCUT2D eigenvalue weighted by atomic mass is 15.1. The first-order valence-corrected chi connectivity index (χ1v) is 6.72. The van der Waals surface area contributed by atoms with E-state index in [4.69, 9.17) is 5.73 Å². The second kappa shape index (κ2) is 6.23. The molecule has 2 aromatic rings. The summed E-state index contributed by atoms with van der Waals surface area (Å²) in [6.07, 6.45) is 1.11. The molecule has 0 bridgehead atoms. The van der Waals surface area contributed by atoms with Crippen molar-refractivity contribution in [2.75, 3.05) is 17.2 Å². The standard InChI is InChI=1S/C16H21N3/c1-3-11-19(16-9-7-14(17)8-10-16)12-15-6-4-5-13(2)18-15/h4-10H,3,11-12,17H2,1-2H3. The monoisotopic (exact) mass is 255 g/mol. The molecule has 0 saturated carbocycles. The summed E-state index contributed by atoms with van der Waals surface area (Å²) in [6, 6.07) is 14.2. The second-order valence-electron chi connectivity index (χ2n) is 4.78. The van der Waals surface area contributed by atoms with E-state index in [1.165, 1.54) is 5.69 Å². The minimum Gasteiger partial charge on any atom is -0.399 e. The number of hydrogen-bond acceptors (Lipinski definition) is 3. The van der Waals surface area contributed by atoms with E-state index in [0.717, 1.165) is 36.6 Å². The summed E-state index contributed by atoms with van der Waals surface area (Å²) < 4.78 is 0. The lowest BCUT2D eigenvalue weighted by Gasteiger charge is -2.24. The minimum atomic E-state index is 0.800. The maximum absolute atomic E-state index is 5.74. The molecule has 1 aromatic carbocycles. The number of pyridine rings is 1. The highest BCUT2D eigenvalue weighted by Crippen LogP contribution is 2.18. The Kier molecular flexibility index (Phi) is 4.39. The summed E-state index contributed by atoms with van der Waals surface area (Å²) >= 11 is 0. The Morgan fingerprint density at radius 1 is 1.11 bits per heavy atom. The van der Waals surface area contributed by atoms with E-state index in [1.54, 1.807) is 0 Å². The van der Waals surface area contributed by atoms with Gasteiger partial charge in [0, 0.05) is 23.6 Å². The van der Waals surface area contributed by atoms with Crippen molar-refractivity contribution >= 4 is 11.4 Å². The Bertz CT molecular complexity index is 520. The molecule has 0 aliphatic rings. The van der Waals surface area contributed by atoms with Crippen molar-refractivity contribution in [1.29, 1.82) is 0 Å². The van der Waals surface area contributed by atoms with Gasteiger partial charge >= 0.3 is 0 Å². The summed E-state index contributed by atoms with van der Waals surface area (Å²) in [5.74, 6) is 0. The van der Waals surface area contributed by atoms with Gasteiger partial charge in [0.05, 0.1) is 12.2 Å². The number of nitrogens with zero attached hydrogens (tertiary/aromatic N) is 2. The van der Waals surface area contributed by atoms with Gasteiger partial charge in [0.2, 0.25) is 0 Å². The number of benzene rings is 1. The van der Waals surface area contributed by atoms with Gasteiger partial charge in [-0.3, -0.25) is 4.98 Å². The highest BCUT2D eigenvalue weighted by Gasteiger charge is 2.07. The van der Waals surface area contributed by atoms with Crippen LogP contribution in [-0.4, -0.2) is 11.5 Å². The molecule has 3 heteroatoms. The van der Waals surface area contributed by atoms with Gasteiger partial charge in [0.25, 0.3) is 0 Å². The van der Waals surface area contributed by atoms with Crippen LogP contribution in [0, 0.1) is 6.92 Å². The zero-order valence-corrected chi connectivity index (χ0v) is 11.6. The largest absolute Gasteiger partial charge is 0.399 e. The van der Waals surface area contributed by atoms with Gasteiger partial charge in [0.1, 0.15) is 0 Å². The number of nitrogen functional groups attached to an aromatic ring is 1. The van der Waals surface area contributed by atoms with Crippen LogP contribution in [0.3, 0.4) is 0 Å². The molecule has 0 spiro atoms. The van der Waals surface area contributed by atoms with E-state index in [9.17, 15) is 0 Å². The molecule has 0 unspecified atom stereocenters. The van der Waals surface area contributed by atoms with Crippen molar-refractivity contribution in [2.24, 2.45) is 0 Å². The molecular weight excluding hydrogens is 234 g/mol. The SMILES string of the molecule is CCCN(Cc1cccc(C)n1)c1ccc(N)cc1. The van der Waals surface area contributed by atoms with Crippen molar-refractivity contribution in [3.8, 4) is 0 Å². The molecule has 0 aliphatic heterocycles. The average molecular weight is 255 g/mol. The third-order valence-corrected chi connectivity index (χ3v) is 3.05. The quantitative estimate of drug-likeness (QED) is 0.833. The molecular formula is C16H21N3. The van der Waals surface area contributed by atoms with Gasteiger partial charge in [-0.05, 0) is 49.7 Å². The fraction of sp³-hybridized carbons (Fsp3) is 0.312. The van der Waals surface area contributed by atoms with E-state index in [1.807, 2.05) is 25.1 Å². The topological polar surface area (TPSA) is 42.2 Å². The Balaban J connectivity index is 2.18. The van der Waals surface area contributed by atoms with Gasteiger partial charge in [-0.15, -0.1) is 0 Å². The van der Waals surface area contributed by atoms with Crippen molar-refractivity contribution in [1.82, 2.24) is 4.98 Å². The number of rotatable bonds is 5. The van der Waals surface area contributed by atoms with E-state index in [-0.39, 0.29) is 0 Å². The van der Waals surface area contributed by atoms with Crippen molar-refractivity contribution in [2.45, 2.75) is 26.8 Å². The Hall–Kier alpha value is -2.03. The highest BCUT2D eigenvalue weighted by molar-refractivity contribution is 5.53. The molecule has 1 aromatic heterocycles. The molecule has 0 aliphatic carbocycles. The van der Waals surface area contributed by atoms with Crippen LogP contribution in [0.2, 0.25) is 0 Å². The van der Waals surface area contributed by atoms with Crippen molar-refractivity contribution < 1.29 is 0 Å². The van der Waals surface area contributed by atoms with Gasteiger partial charge in [0.15, 0.2) is 0 Å². The van der Waals surface area contributed by atoms with E-state index < -0.39 is 0 Å². The third-order valence-electron chi connectivity index (χ3n) is 3.05. The first-order chi connectivity index (χ1) is 9.19. The zero-order chi connectivity index (χ0) is 13.7. The number of aromatic nitrogens is 1. The third kappa shape index (κ3) is 3.71. The summed E-state index contributed by atoms with van der Waals surface area (Å²) in [5.41, 5.74) is 9.90. The molecule has 0 saturated heterocycles. The summed E-state index contributed by atoms with van der Waals surface area (Å²) in [4.78, 5) is 6.91. The minimum absolute atomic E-state index is 0.800. The van der Waals surface area contributed by atoms with Crippen LogP contribution in [0.4, 0.5) is 11.4 Å². The molecule has 3 nitrogen and oxygen atoms in total. The Morgan fingerprint density at radius 2 is 1.84 bits per heavy atom.